The standard InChI is InChI=1S/C19H21BrN2O2S2/c1-13-5-8-21(9-6-13)17(23)7-10-22-18(24)16(26-19(22)25)12-14-3-2-4-15(20)11-14/h2-4,11-13H,5-10H2,1H3/b16-12+. The fraction of sp³-hybridized carbons (Fsp3) is 0.421. The molecule has 0 saturated carbocycles. The molecule has 0 spiro atoms. The van der Waals surface area contributed by atoms with Crippen LogP contribution in [0.4, 0.5) is 0 Å². The van der Waals surface area contributed by atoms with E-state index in [0.29, 0.717) is 28.1 Å². The number of hydrogen-bond donors (Lipinski definition) is 0. The average Bonchev–Trinajstić information content (AvgIpc) is 2.87. The molecule has 0 unspecified atom stereocenters. The van der Waals surface area contributed by atoms with Crippen LogP contribution in [0.25, 0.3) is 6.08 Å². The van der Waals surface area contributed by atoms with Crippen LogP contribution in [0.5, 0.6) is 0 Å². The zero-order valence-corrected chi connectivity index (χ0v) is 17.8. The van der Waals surface area contributed by atoms with Crippen molar-refractivity contribution in [2.75, 3.05) is 19.6 Å². The molecule has 0 aromatic heterocycles. The van der Waals surface area contributed by atoms with Gasteiger partial charge in [0, 0.05) is 30.5 Å². The van der Waals surface area contributed by atoms with E-state index in [1.54, 1.807) is 4.90 Å². The summed E-state index contributed by atoms with van der Waals surface area (Å²) in [5, 5.41) is 0. The molecule has 7 heteroatoms. The number of thiocarbonyl (C=S) groups is 1. The lowest BCUT2D eigenvalue weighted by atomic mass is 9.99. The molecule has 0 atom stereocenters. The minimum Gasteiger partial charge on any atom is -0.343 e. The number of thioether (sulfide) groups is 1. The van der Waals surface area contributed by atoms with Crippen molar-refractivity contribution in [3.8, 4) is 0 Å². The van der Waals surface area contributed by atoms with E-state index in [1.807, 2.05) is 35.2 Å². The smallest absolute Gasteiger partial charge is 0.266 e. The molecular formula is C19H21BrN2O2S2. The van der Waals surface area contributed by atoms with Gasteiger partial charge in [0.25, 0.3) is 5.91 Å². The summed E-state index contributed by atoms with van der Waals surface area (Å²) in [6.07, 6.45) is 4.28. The summed E-state index contributed by atoms with van der Waals surface area (Å²) in [4.78, 5) is 29.1. The monoisotopic (exact) mass is 452 g/mol. The number of nitrogens with zero attached hydrogens (tertiary/aromatic N) is 2. The lowest BCUT2D eigenvalue weighted by Gasteiger charge is -2.30. The van der Waals surface area contributed by atoms with Gasteiger partial charge < -0.3 is 4.90 Å². The largest absolute Gasteiger partial charge is 0.343 e. The number of likely N-dealkylation sites (tertiary alicyclic amines) is 1. The third kappa shape index (κ3) is 4.75. The molecule has 0 aliphatic carbocycles. The molecule has 3 rings (SSSR count). The summed E-state index contributed by atoms with van der Waals surface area (Å²) in [5.74, 6) is 0.691. The zero-order valence-electron chi connectivity index (χ0n) is 14.6. The van der Waals surface area contributed by atoms with Gasteiger partial charge in [-0.2, -0.15) is 0 Å². The third-order valence-corrected chi connectivity index (χ3v) is 6.58. The Morgan fingerprint density at radius 2 is 2.12 bits per heavy atom. The van der Waals surface area contributed by atoms with Crippen LogP contribution < -0.4 is 0 Å². The molecule has 1 aromatic carbocycles. The molecule has 4 nitrogen and oxygen atoms in total. The van der Waals surface area contributed by atoms with Crippen LogP contribution in [0.2, 0.25) is 0 Å². The maximum atomic E-state index is 12.6. The summed E-state index contributed by atoms with van der Waals surface area (Å²) in [7, 11) is 0. The summed E-state index contributed by atoms with van der Waals surface area (Å²) >= 11 is 10.1. The fourth-order valence-corrected chi connectivity index (χ4v) is 4.79. The van der Waals surface area contributed by atoms with Crippen molar-refractivity contribution in [2.45, 2.75) is 26.2 Å². The highest BCUT2D eigenvalue weighted by Crippen LogP contribution is 2.33. The van der Waals surface area contributed by atoms with Crippen LogP contribution >= 0.6 is 39.9 Å². The van der Waals surface area contributed by atoms with E-state index >= 15 is 0 Å². The van der Waals surface area contributed by atoms with Gasteiger partial charge >= 0.3 is 0 Å². The van der Waals surface area contributed by atoms with E-state index < -0.39 is 0 Å². The highest BCUT2D eigenvalue weighted by molar-refractivity contribution is 9.10. The molecule has 1 aromatic rings. The van der Waals surface area contributed by atoms with Crippen LogP contribution in [0, 0.1) is 5.92 Å². The Kier molecular flexibility index (Phi) is 6.53. The summed E-state index contributed by atoms with van der Waals surface area (Å²) in [5.41, 5.74) is 0.943. The van der Waals surface area contributed by atoms with Gasteiger partial charge in [-0.15, -0.1) is 0 Å². The highest BCUT2D eigenvalue weighted by Gasteiger charge is 2.32. The molecule has 2 fully saturated rings. The molecule has 2 heterocycles. The van der Waals surface area contributed by atoms with Gasteiger partial charge in [0.1, 0.15) is 4.32 Å². The number of amides is 2. The minimum atomic E-state index is -0.111. The van der Waals surface area contributed by atoms with Gasteiger partial charge in [-0.25, -0.2) is 0 Å². The summed E-state index contributed by atoms with van der Waals surface area (Å²) in [6.45, 7) is 4.22. The van der Waals surface area contributed by atoms with Gasteiger partial charge in [-0.3, -0.25) is 14.5 Å². The van der Waals surface area contributed by atoms with Crippen molar-refractivity contribution < 1.29 is 9.59 Å². The minimum absolute atomic E-state index is 0.111. The van der Waals surface area contributed by atoms with Crippen molar-refractivity contribution in [3.05, 3.63) is 39.2 Å². The number of rotatable bonds is 4. The first kappa shape index (κ1) is 19.6. The summed E-state index contributed by atoms with van der Waals surface area (Å²) < 4.78 is 1.49. The molecule has 2 saturated heterocycles. The number of carbonyl (C=O) groups is 2. The van der Waals surface area contributed by atoms with Gasteiger partial charge in [0.15, 0.2) is 0 Å². The molecule has 2 amide bonds. The van der Waals surface area contributed by atoms with Crippen molar-refractivity contribution in [1.82, 2.24) is 9.80 Å². The molecular weight excluding hydrogens is 432 g/mol. The second-order valence-electron chi connectivity index (χ2n) is 6.70. The maximum absolute atomic E-state index is 12.6. The second-order valence-corrected chi connectivity index (χ2v) is 9.29. The van der Waals surface area contributed by atoms with Crippen molar-refractivity contribution in [3.63, 3.8) is 0 Å². The van der Waals surface area contributed by atoms with Crippen LogP contribution in [-0.4, -0.2) is 45.6 Å². The Morgan fingerprint density at radius 1 is 1.38 bits per heavy atom. The number of benzene rings is 1. The predicted octanol–water partition coefficient (Wildman–Crippen LogP) is 4.30. The van der Waals surface area contributed by atoms with Crippen LogP contribution in [0.1, 0.15) is 31.7 Å². The topological polar surface area (TPSA) is 40.6 Å². The average molecular weight is 453 g/mol. The van der Waals surface area contributed by atoms with E-state index in [2.05, 4.69) is 22.9 Å². The van der Waals surface area contributed by atoms with Crippen LogP contribution in [-0.2, 0) is 9.59 Å². The normalized spacial score (nSPS) is 20.3. The van der Waals surface area contributed by atoms with E-state index in [1.165, 1.54) is 11.8 Å². The van der Waals surface area contributed by atoms with E-state index in [-0.39, 0.29) is 11.8 Å². The number of halogens is 1. The third-order valence-electron chi connectivity index (χ3n) is 4.71. The van der Waals surface area contributed by atoms with E-state index in [0.717, 1.165) is 36.0 Å². The lowest BCUT2D eigenvalue weighted by molar-refractivity contribution is -0.133. The molecule has 0 radical (unpaired) electrons. The predicted molar refractivity (Wildman–Crippen MR) is 114 cm³/mol. The Labute approximate surface area is 172 Å². The van der Waals surface area contributed by atoms with E-state index in [9.17, 15) is 9.59 Å². The van der Waals surface area contributed by atoms with Crippen molar-refractivity contribution in [1.29, 1.82) is 0 Å². The van der Waals surface area contributed by atoms with Crippen LogP contribution in [0.15, 0.2) is 33.6 Å². The molecule has 2 aliphatic rings. The SMILES string of the molecule is CC1CCN(C(=O)CCN2C(=O)/C(=C\c3cccc(Br)c3)SC2=S)CC1. The maximum Gasteiger partial charge on any atom is 0.266 e. The fourth-order valence-electron chi connectivity index (χ4n) is 3.06. The number of hydrogen-bond acceptors (Lipinski definition) is 4. The van der Waals surface area contributed by atoms with Crippen molar-refractivity contribution in [2.24, 2.45) is 5.92 Å². The number of carbonyl (C=O) groups excluding carboxylic acids is 2. The van der Waals surface area contributed by atoms with Gasteiger partial charge in [0.05, 0.1) is 4.91 Å². The zero-order chi connectivity index (χ0) is 18.7. The van der Waals surface area contributed by atoms with Gasteiger partial charge in [-0.1, -0.05) is 59.0 Å². The first-order valence-electron chi connectivity index (χ1n) is 8.73. The van der Waals surface area contributed by atoms with E-state index in [4.69, 9.17) is 12.2 Å². The Hall–Kier alpha value is -1.18. The van der Waals surface area contributed by atoms with Crippen molar-refractivity contribution >= 4 is 62.1 Å². The first-order valence-corrected chi connectivity index (χ1v) is 10.7. The Balaban J connectivity index is 1.60. The lowest BCUT2D eigenvalue weighted by Crippen LogP contribution is -2.40. The molecule has 138 valence electrons. The summed E-state index contributed by atoms with van der Waals surface area (Å²) in [6, 6.07) is 7.76. The Bertz CT molecular complexity index is 758. The quantitative estimate of drug-likeness (QED) is 0.504. The molecule has 0 bridgehead atoms. The Morgan fingerprint density at radius 3 is 2.81 bits per heavy atom. The molecule has 2 aliphatic heterocycles. The molecule has 0 N–H and O–H groups in total. The number of piperidine rings is 1. The molecule has 26 heavy (non-hydrogen) atoms. The van der Waals surface area contributed by atoms with Crippen LogP contribution in [0.3, 0.4) is 0 Å². The highest BCUT2D eigenvalue weighted by atomic mass is 79.9. The second kappa shape index (κ2) is 8.67. The van der Waals surface area contributed by atoms with Gasteiger partial charge in [-0.05, 0) is 42.5 Å². The van der Waals surface area contributed by atoms with Gasteiger partial charge in [0.2, 0.25) is 5.91 Å². The first-order chi connectivity index (χ1) is 12.4.